The summed E-state index contributed by atoms with van der Waals surface area (Å²) in [5.41, 5.74) is 1.13. The Hall–Kier alpha value is -0.860. The van der Waals surface area contributed by atoms with E-state index in [1.807, 2.05) is 6.07 Å². The molecule has 1 N–H and O–H groups in total. The third-order valence-corrected chi connectivity index (χ3v) is 4.67. The molecule has 3 rings (SSSR count). The molecule has 1 heterocycles. The fourth-order valence-corrected chi connectivity index (χ4v) is 3.38. The van der Waals surface area contributed by atoms with Crippen molar-refractivity contribution in [2.75, 3.05) is 0 Å². The third kappa shape index (κ3) is 1.66. The van der Waals surface area contributed by atoms with Gasteiger partial charge in [0.1, 0.15) is 0 Å². The summed E-state index contributed by atoms with van der Waals surface area (Å²) in [4.78, 5) is 0. The van der Waals surface area contributed by atoms with Crippen LogP contribution in [0.15, 0.2) is 29.6 Å². The molecular weight excluding hydrogens is 216 g/mol. The lowest BCUT2D eigenvalue weighted by atomic mass is 9.93. The van der Waals surface area contributed by atoms with Crippen LogP contribution in [-0.4, -0.2) is 5.11 Å². The monoisotopic (exact) mass is 232 g/mol. The van der Waals surface area contributed by atoms with Gasteiger partial charge in [-0.15, -0.1) is 11.3 Å². The molecule has 2 heteroatoms. The molecule has 16 heavy (non-hydrogen) atoms. The first kappa shape index (κ1) is 10.3. The third-order valence-electron chi connectivity index (χ3n) is 3.69. The summed E-state index contributed by atoms with van der Waals surface area (Å²) in [6.45, 7) is 2.18. The van der Waals surface area contributed by atoms with Crippen LogP contribution < -0.4 is 0 Å². The minimum Gasteiger partial charge on any atom is -0.388 e. The Kier molecular flexibility index (Phi) is 2.49. The number of thiophene rings is 1. The Labute approximate surface area is 99.7 Å². The summed E-state index contributed by atoms with van der Waals surface area (Å²) in [6, 6.07) is 8.34. The second-order valence-corrected chi connectivity index (χ2v) is 5.74. The maximum atomic E-state index is 10.4. The highest BCUT2D eigenvalue weighted by Gasteiger charge is 2.33. The molecule has 1 fully saturated rings. The van der Waals surface area contributed by atoms with E-state index in [1.165, 1.54) is 22.9 Å². The first-order valence-electron chi connectivity index (χ1n) is 5.91. The predicted octanol–water partition coefficient (Wildman–Crippen LogP) is 3.98. The van der Waals surface area contributed by atoms with Gasteiger partial charge in [-0.25, -0.2) is 0 Å². The topological polar surface area (TPSA) is 20.2 Å². The van der Waals surface area contributed by atoms with Crippen molar-refractivity contribution in [3.63, 3.8) is 0 Å². The summed E-state index contributed by atoms with van der Waals surface area (Å²) < 4.78 is 1.28. The highest BCUT2D eigenvalue weighted by molar-refractivity contribution is 7.17. The molecule has 0 spiro atoms. The zero-order valence-electron chi connectivity index (χ0n) is 9.39. The number of rotatable bonds is 3. The summed E-state index contributed by atoms with van der Waals surface area (Å²) in [7, 11) is 0. The van der Waals surface area contributed by atoms with Crippen LogP contribution in [0.4, 0.5) is 0 Å². The lowest BCUT2D eigenvalue weighted by molar-refractivity contribution is 0.107. The normalized spacial score (nSPS) is 19.9. The molecule has 1 aliphatic rings. The molecular formula is C14H16OS. The van der Waals surface area contributed by atoms with Gasteiger partial charge in [0.25, 0.3) is 0 Å². The fourth-order valence-electron chi connectivity index (χ4n) is 2.39. The maximum absolute atomic E-state index is 10.4. The summed E-state index contributed by atoms with van der Waals surface area (Å²) in [5.74, 6) is 1.15. The number of hydrogen-bond acceptors (Lipinski definition) is 2. The first-order valence-corrected chi connectivity index (χ1v) is 6.79. The molecule has 1 aromatic carbocycles. The lowest BCUT2D eigenvalue weighted by Crippen LogP contribution is -2.10. The van der Waals surface area contributed by atoms with Crippen LogP contribution in [0.2, 0.25) is 0 Å². The van der Waals surface area contributed by atoms with Gasteiger partial charge in [0, 0.05) is 4.70 Å². The molecule has 2 unspecified atom stereocenters. The van der Waals surface area contributed by atoms with Gasteiger partial charge >= 0.3 is 0 Å². The molecule has 2 aromatic rings. The summed E-state index contributed by atoms with van der Waals surface area (Å²) >= 11 is 1.73. The van der Waals surface area contributed by atoms with Crippen molar-refractivity contribution in [2.24, 2.45) is 11.8 Å². The maximum Gasteiger partial charge on any atom is 0.0832 e. The SMILES string of the molecule is CC(C1CC1)C(O)c1csc2ccccc12. The number of aliphatic hydroxyl groups excluding tert-OH is 1. The van der Waals surface area contributed by atoms with E-state index in [1.54, 1.807) is 11.3 Å². The van der Waals surface area contributed by atoms with Gasteiger partial charge in [-0.1, -0.05) is 25.1 Å². The summed E-state index contributed by atoms with van der Waals surface area (Å²) in [5, 5.41) is 13.7. The van der Waals surface area contributed by atoms with Crippen molar-refractivity contribution in [2.45, 2.75) is 25.9 Å². The van der Waals surface area contributed by atoms with Crippen LogP contribution in [0.25, 0.3) is 10.1 Å². The van der Waals surface area contributed by atoms with Crippen LogP contribution in [-0.2, 0) is 0 Å². The van der Waals surface area contributed by atoms with Crippen molar-refractivity contribution in [1.29, 1.82) is 0 Å². The molecule has 2 atom stereocenters. The van der Waals surface area contributed by atoms with Gasteiger partial charge < -0.3 is 5.11 Å². The molecule has 1 aromatic heterocycles. The van der Waals surface area contributed by atoms with Crippen molar-refractivity contribution < 1.29 is 5.11 Å². The molecule has 0 amide bonds. The Bertz CT molecular complexity index is 498. The quantitative estimate of drug-likeness (QED) is 0.848. The summed E-state index contributed by atoms with van der Waals surface area (Å²) in [6.07, 6.45) is 2.30. The molecule has 0 radical (unpaired) electrons. The number of benzene rings is 1. The molecule has 0 aliphatic heterocycles. The van der Waals surface area contributed by atoms with Gasteiger partial charge in [0.15, 0.2) is 0 Å². The average Bonchev–Trinajstić information content (AvgIpc) is 3.07. The van der Waals surface area contributed by atoms with E-state index in [0.717, 1.165) is 11.5 Å². The predicted molar refractivity (Wildman–Crippen MR) is 68.7 cm³/mol. The van der Waals surface area contributed by atoms with E-state index >= 15 is 0 Å². The van der Waals surface area contributed by atoms with Gasteiger partial charge in [-0.2, -0.15) is 0 Å². The molecule has 1 saturated carbocycles. The zero-order valence-corrected chi connectivity index (χ0v) is 10.2. The second-order valence-electron chi connectivity index (χ2n) is 4.83. The van der Waals surface area contributed by atoms with Crippen LogP contribution in [0.5, 0.6) is 0 Å². The Balaban J connectivity index is 1.98. The van der Waals surface area contributed by atoms with Crippen molar-refractivity contribution >= 4 is 21.4 Å². The molecule has 1 nitrogen and oxygen atoms in total. The first-order chi connectivity index (χ1) is 7.77. The van der Waals surface area contributed by atoms with E-state index in [9.17, 15) is 5.11 Å². The largest absolute Gasteiger partial charge is 0.388 e. The molecule has 1 aliphatic carbocycles. The van der Waals surface area contributed by atoms with Crippen molar-refractivity contribution in [1.82, 2.24) is 0 Å². The van der Waals surface area contributed by atoms with Crippen LogP contribution in [0, 0.1) is 11.8 Å². The van der Waals surface area contributed by atoms with Gasteiger partial charge in [-0.05, 0) is 47.1 Å². The Morgan fingerprint density at radius 2 is 2.06 bits per heavy atom. The number of aliphatic hydroxyl groups is 1. The van der Waals surface area contributed by atoms with Crippen LogP contribution >= 0.6 is 11.3 Å². The fraction of sp³-hybridized carbons (Fsp3) is 0.429. The van der Waals surface area contributed by atoms with Gasteiger partial charge in [0.2, 0.25) is 0 Å². The Morgan fingerprint density at radius 1 is 1.31 bits per heavy atom. The van der Waals surface area contributed by atoms with Crippen molar-refractivity contribution in [3.8, 4) is 0 Å². The minimum atomic E-state index is -0.288. The van der Waals surface area contributed by atoms with E-state index in [2.05, 4.69) is 30.5 Å². The standard InChI is InChI=1S/C14H16OS/c1-9(10-6-7-10)14(15)12-8-16-13-5-3-2-4-11(12)13/h2-5,8-10,14-15H,6-7H2,1H3. The smallest absolute Gasteiger partial charge is 0.0832 e. The van der Waals surface area contributed by atoms with E-state index in [4.69, 9.17) is 0 Å². The minimum absolute atomic E-state index is 0.288. The lowest BCUT2D eigenvalue weighted by Gasteiger charge is -2.17. The van der Waals surface area contributed by atoms with E-state index in [0.29, 0.717) is 5.92 Å². The zero-order chi connectivity index (χ0) is 11.1. The number of hydrogen-bond donors (Lipinski definition) is 1. The molecule has 0 saturated heterocycles. The van der Waals surface area contributed by atoms with Gasteiger partial charge in [-0.3, -0.25) is 0 Å². The second kappa shape index (κ2) is 3.86. The molecule has 0 bridgehead atoms. The molecule has 84 valence electrons. The highest BCUT2D eigenvalue weighted by Crippen LogP contribution is 2.44. The Morgan fingerprint density at radius 3 is 2.81 bits per heavy atom. The van der Waals surface area contributed by atoms with Crippen LogP contribution in [0.3, 0.4) is 0 Å². The van der Waals surface area contributed by atoms with E-state index in [-0.39, 0.29) is 6.10 Å². The van der Waals surface area contributed by atoms with Crippen molar-refractivity contribution in [3.05, 3.63) is 35.2 Å². The van der Waals surface area contributed by atoms with Gasteiger partial charge in [0.05, 0.1) is 6.10 Å². The number of fused-ring (bicyclic) bond motifs is 1. The highest BCUT2D eigenvalue weighted by atomic mass is 32.1. The van der Waals surface area contributed by atoms with E-state index < -0.39 is 0 Å². The van der Waals surface area contributed by atoms with Crippen LogP contribution in [0.1, 0.15) is 31.4 Å². The average molecular weight is 232 g/mol.